The van der Waals surface area contributed by atoms with Gasteiger partial charge in [-0.1, -0.05) is 18.2 Å². The summed E-state index contributed by atoms with van der Waals surface area (Å²) in [6.45, 7) is 9.24. The van der Waals surface area contributed by atoms with Gasteiger partial charge in [0.05, 0.1) is 6.04 Å². The van der Waals surface area contributed by atoms with Gasteiger partial charge in [0.2, 0.25) is 5.91 Å². The van der Waals surface area contributed by atoms with Crippen molar-refractivity contribution in [3.8, 4) is 0 Å². The molecule has 7 heteroatoms. The highest BCUT2D eigenvalue weighted by atomic mass is 19.1. The number of benzene rings is 1. The molecular formula is C26H32FN5O. The van der Waals surface area contributed by atoms with Gasteiger partial charge < -0.3 is 4.90 Å². The average molecular weight is 450 g/mol. The lowest BCUT2D eigenvalue weighted by Gasteiger charge is -2.32. The van der Waals surface area contributed by atoms with Crippen molar-refractivity contribution in [3.63, 3.8) is 0 Å². The van der Waals surface area contributed by atoms with E-state index >= 15 is 0 Å². The highest BCUT2D eigenvalue weighted by Gasteiger charge is 2.26. The van der Waals surface area contributed by atoms with Crippen LogP contribution < -0.4 is 0 Å². The third-order valence-corrected chi connectivity index (χ3v) is 6.45. The Bertz CT molecular complexity index is 1130. The molecule has 0 N–H and O–H groups in total. The Labute approximate surface area is 194 Å². The first kappa shape index (κ1) is 23.1. The third-order valence-electron chi connectivity index (χ3n) is 6.45. The van der Waals surface area contributed by atoms with E-state index in [2.05, 4.69) is 16.1 Å². The van der Waals surface area contributed by atoms with Crippen LogP contribution in [0.2, 0.25) is 0 Å². The van der Waals surface area contributed by atoms with Crippen LogP contribution in [0.3, 0.4) is 0 Å². The minimum Gasteiger partial charge on any atom is -0.343 e. The molecule has 3 aromatic rings. The predicted octanol–water partition coefficient (Wildman–Crippen LogP) is 4.69. The fraction of sp³-hybridized carbons (Fsp3) is 0.462. The van der Waals surface area contributed by atoms with Crippen LogP contribution in [-0.4, -0.2) is 43.6 Å². The Kier molecular flexibility index (Phi) is 6.86. The summed E-state index contributed by atoms with van der Waals surface area (Å²) >= 11 is 0. The molecule has 33 heavy (non-hydrogen) atoms. The molecule has 2 aromatic heterocycles. The highest BCUT2D eigenvalue weighted by Crippen LogP contribution is 2.29. The van der Waals surface area contributed by atoms with Crippen LogP contribution in [0.4, 0.5) is 4.39 Å². The van der Waals surface area contributed by atoms with E-state index in [9.17, 15) is 9.18 Å². The summed E-state index contributed by atoms with van der Waals surface area (Å²) in [6, 6.07) is 11.0. The van der Waals surface area contributed by atoms with E-state index < -0.39 is 0 Å². The van der Waals surface area contributed by atoms with Crippen molar-refractivity contribution in [1.82, 2.24) is 24.6 Å². The zero-order valence-corrected chi connectivity index (χ0v) is 19.9. The van der Waals surface area contributed by atoms with E-state index in [-0.39, 0.29) is 17.8 Å². The van der Waals surface area contributed by atoms with Gasteiger partial charge in [0.25, 0.3) is 0 Å². The molecular weight excluding hydrogens is 417 g/mol. The minimum atomic E-state index is -0.175. The van der Waals surface area contributed by atoms with Gasteiger partial charge in [0.15, 0.2) is 0 Å². The number of hydrogen-bond donors (Lipinski definition) is 0. The van der Waals surface area contributed by atoms with E-state index in [0.717, 1.165) is 54.5 Å². The zero-order valence-electron chi connectivity index (χ0n) is 19.9. The maximum Gasteiger partial charge on any atom is 0.224 e. The van der Waals surface area contributed by atoms with Gasteiger partial charge in [-0.15, -0.1) is 0 Å². The number of aromatic nitrogens is 4. The van der Waals surface area contributed by atoms with E-state index in [4.69, 9.17) is 4.98 Å². The monoisotopic (exact) mass is 449 g/mol. The van der Waals surface area contributed by atoms with Crippen molar-refractivity contribution >= 4 is 5.91 Å². The van der Waals surface area contributed by atoms with Crippen molar-refractivity contribution in [1.29, 1.82) is 0 Å². The van der Waals surface area contributed by atoms with E-state index in [0.29, 0.717) is 24.3 Å². The van der Waals surface area contributed by atoms with Crippen LogP contribution in [0, 0.1) is 26.6 Å². The Morgan fingerprint density at radius 2 is 1.85 bits per heavy atom. The average Bonchev–Trinajstić information content (AvgIpc) is 3.13. The first-order chi connectivity index (χ1) is 15.8. The summed E-state index contributed by atoms with van der Waals surface area (Å²) in [4.78, 5) is 24.0. The molecule has 0 unspecified atom stereocenters. The number of carbonyl (C=O) groups is 1. The molecule has 4 rings (SSSR count). The van der Waals surface area contributed by atoms with Gasteiger partial charge in [0.1, 0.15) is 17.5 Å². The molecule has 1 aliphatic rings. The van der Waals surface area contributed by atoms with Crippen LogP contribution in [0.5, 0.6) is 0 Å². The first-order valence-electron chi connectivity index (χ1n) is 11.7. The summed E-state index contributed by atoms with van der Waals surface area (Å²) in [7, 11) is 0. The number of carbonyl (C=O) groups excluding carboxylic acids is 1. The molecule has 0 radical (unpaired) electrons. The van der Waals surface area contributed by atoms with E-state index in [1.165, 1.54) is 6.07 Å². The van der Waals surface area contributed by atoms with E-state index in [1.807, 2.05) is 55.5 Å². The SMILES string of the molecule is Cc1cc(Cc2ccccc2F)cc(C2CCN(C(=O)C[C@H](C)n3nc(C)nc3C)CC2)n1. The van der Waals surface area contributed by atoms with Gasteiger partial charge in [-0.3, -0.25) is 9.78 Å². The molecule has 0 bridgehead atoms. The lowest BCUT2D eigenvalue weighted by Crippen LogP contribution is -2.39. The largest absolute Gasteiger partial charge is 0.343 e. The Balaban J connectivity index is 1.37. The molecule has 0 spiro atoms. The van der Waals surface area contributed by atoms with Gasteiger partial charge in [-0.25, -0.2) is 14.1 Å². The van der Waals surface area contributed by atoms with Crippen molar-refractivity contribution < 1.29 is 9.18 Å². The Morgan fingerprint density at radius 1 is 1.12 bits per heavy atom. The Morgan fingerprint density at radius 3 is 2.52 bits per heavy atom. The van der Waals surface area contributed by atoms with Crippen LogP contribution in [-0.2, 0) is 11.2 Å². The van der Waals surface area contributed by atoms with E-state index in [1.54, 1.807) is 6.07 Å². The summed E-state index contributed by atoms with van der Waals surface area (Å²) in [6.07, 6.45) is 2.75. The normalized spacial score (nSPS) is 15.6. The molecule has 1 fully saturated rings. The standard InChI is InChI=1S/C26H32FN5O/c1-17-13-21(15-23-7-5-6-8-24(23)27)16-25(28-17)22-9-11-31(12-10-22)26(33)14-18(2)32-20(4)29-19(3)30-32/h5-8,13,16,18,22H,9-12,14-15H2,1-4H3/t18-/m0/s1. The third kappa shape index (κ3) is 5.46. The first-order valence-corrected chi connectivity index (χ1v) is 11.7. The number of nitrogens with zero attached hydrogens (tertiary/aromatic N) is 5. The molecule has 1 amide bonds. The molecule has 174 valence electrons. The van der Waals surface area contributed by atoms with Gasteiger partial charge in [-0.05, 0) is 69.9 Å². The summed E-state index contributed by atoms with van der Waals surface area (Å²) < 4.78 is 16.0. The maximum atomic E-state index is 14.1. The minimum absolute atomic E-state index is 0.0178. The molecule has 1 atom stereocenters. The number of hydrogen-bond acceptors (Lipinski definition) is 4. The van der Waals surface area contributed by atoms with Crippen molar-refractivity contribution in [2.75, 3.05) is 13.1 Å². The van der Waals surface area contributed by atoms with Crippen molar-refractivity contribution in [3.05, 3.63) is 76.4 Å². The number of likely N-dealkylation sites (tertiary alicyclic amines) is 1. The second-order valence-electron chi connectivity index (χ2n) is 9.17. The van der Waals surface area contributed by atoms with Crippen LogP contribution in [0.15, 0.2) is 36.4 Å². The number of halogens is 1. The van der Waals surface area contributed by atoms with Crippen molar-refractivity contribution in [2.24, 2.45) is 0 Å². The van der Waals surface area contributed by atoms with Gasteiger partial charge >= 0.3 is 0 Å². The predicted molar refractivity (Wildman–Crippen MR) is 126 cm³/mol. The molecule has 6 nitrogen and oxygen atoms in total. The highest BCUT2D eigenvalue weighted by molar-refractivity contribution is 5.76. The van der Waals surface area contributed by atoms with Gasteiger partial charge in [-0.2, -0.15) is 5.10 Å². The van der Waals surface area contributed by atoms with Crippen LogP contribution >= 0.6 is 0 Å². The number of aryl methyl sites for hydroxylation is 3. The Hall–Kier alpha value is -3.09. The van der Waals surface area contributed by atoms with Crippen LogP contribution in [0.25, 0.3) is 0 Å². The van der Waals surface area contributed by atoms with Crippen LogP contribution in [0.1, 0.15) is 72.3 Å². The molecule has 0 saturated carbocycles. The smallest absolute Gasteiger partial charge is 0.224 e. The number of amides is 1. The lowest BCUT2D eigenvalue weighted by molar-refractivity contribution is -0.133. The number of pyridine rings is 1. The lowest BCUT2D eigenvalue weighted by atomic mass is 9.91. The fourth-order valence-electron chi connectivity index (χ4n) is 4.79. The molecule has 0 aliphatic carbocycles. The summed E-state index contributed by atoms with van der Waals surface area (Å²) in [5.41, 5.74) is 3.77. The molecule has 1 saturated heterocycles. The summed E-state index contributed by atoms with van der Waals surface area (Å²) in [5.74, 6) is 1.86. The van der Waals surface area contributed by atoms with Crippen molar-refractivity contribution in [2.45, 2.75) is 65.3 Å². The summed E-state index contributed by atoms with van der Waals surface area (Å²) in [5, 5.41) is 4.41. The topological polar surface area (TPSA) is 63.9 Å². The van der Waals surface area contributed by atoms with Gasteiger partial charge in [0, 0.05) is 43.2 Å². The zero-order chi connectivity index (χ0) is 23.5. The number of rotatable bonds is 6. The second kappa shape index (κ2) is 9.81. The molecule has 1 aromatic carbocycles. The quantitative estimate of drug-likeness (QED) is 0.548. The molecule has 1 aliphatic heterocycles. The second-order valence-corrected chi connectivity index (χ2v) is 9.17. The fourth-order valence-corrected chi connectivity index (χ4v) is 4.79. The number of piperidine rings is 1. The maximum absolute atomic E-state index is 14.1. The molecule has 3 heterocycles.